The van der Waals surface area contributed by atoms with Crippen LogP contribution in [0.2, 0.25) is 0 Å². The van der Waals surface area contributed by atoms with Crippen molar-refractivity contribution in [3.63, 3.8) is 0 Å². The topological polar surface area (TPSA) is 40.5 Å². The minimum atomic E-state index is -0.707. The third-order valence-electron chi connectivity index (χ3n) is 2.29. The van der Waals surface area contributed by atoms with Crippen LogP contribution in [0, 0.1) is 0 Å². The first-order chi connectivity index (χ1) is 7.18. The molecule has 0 aromatic carbocycles. The Balaban J connectivity index is 2.08. The lowest BCUT2D eigenvalue weighted by Crippen LogP contribution is -2.22. The summed E-state index contributed by atoms with van der Waals surface area (Å²) in [5.74, 6) is -0.707. The maximum absolute atomic E-state index is 10.3. The fraction of sp³-hybridized carbons (Fsp3) is 0.545. The largest absolute Gasteiger partial charge is 0.481 e. The van der Waals surface area contributed by atoms with E-state index in [0.29, 0.717) is 0 Å². The molecule has 0 aliphatic rings. The molecule has 0 spiro atoms. The summed E-state index contributed by atoms with van der Waals surface area (Å²) in [7, 11) is 2.04. The molecular formula is C11H17NO2S. The van der Waals surface area contributed by atoms with Crippen LogP contribution in [-0.4, -0.2) is 36.1 Å². The van der Waals surface area contributed by atoms with Crippen LogP contribution in [0.4, 0.5) is 0 Å². The second-order valence-corrected chi connectivity index (χ2v) is 4.46. The number of rotatable bonds is 7. The monoisotopic (exact) mass is 227 g/mol. The molecule has 0 fully saturated rings. The van der Waals surface area contributed by atoms with E-state index in [9.17, 15) is 4.79 Å². The Bertz CT molecular complexity index is 285. The molecule has 0 unspecified atom stereocenters. The molecule has 0 amide bonds. The van der Waals surface area contributed by atoms with Gasteiger partial charge in [-0.1, -0.05) is 0 Å². The smallest absolute Gasteiger partial charge is 0.303 e. The Labute approximate surface area is 94.3 Å². The van der Waals surface area contributed by atoms with E-state index in [-0.39, 0.29) is 6.42 Å². The maximum Gasteiger partial charge on any atom is 0.303 e. The van der Waals surface area contributed by atoms with Gasteiger partial charge in [0, 0.05) is 13.0 Å². The molecular weight excluding hydrogens is 210 g/mol. The van der Waals surface area contributed by atoms with Gasteiger partial charge in [-0.25, -0.2) is 0 Å². The molecule has 1 aromatic heterocycles. The van der Waals surface area contributed by atoms with Gasteiger partial charge in [0.1, 0.15) is 0 Å². The van der Waals surface area contributed by atoms with Crippen LogP contribution in [0.5, 0.6) is 0 Å². The maximum atomic E-state index is 10.3. The summed E-state index contributed by atoms with van der Waals surface area (Å²) in [6.07, 6.45) is 2.05. The molecule has 0 aliphatic carbocycles. The van der Waals surface area contributed by atoms with Gasteiger partial charge in [0.2, 0.25) is 0 Å². The van der Waals surface area contributed by atoms with Crippen LogP contribution in [0.25, 0.3) is 0 Å². The Hall–Kier alpha value is -0.870. The lowest BCUT2D eigenvalue weighted by atomic mass is 10.2. The van der Waals surface area contributed by atoms with Crippen molar-refractivity contribution in [1.29, 1.82) is 0 Å². The zero-order chi connectivity index (χ0) is 11.1. The normalized spacial score (nSPS) is 10.8. The van der Waals surface area contributed by atoms with Gasteiger partial charge in [0.15, 0.2) is 0 Å². The molecule has 0 atom stereocenters. The van der Waals surface area contributed by atoms with Crippen LogP contribution >= 0.6 is 11.3 Å². The quantitative estimate of drug-likeness (QED) is 0.775. The second kappa shape index (κ2) is 6.58. The van der Waals surface area contributed by atoms with E-state index in [1.807, 2.05) is 7.05 Å². The zero-order valence-corrected chi connectivity index (χ0v) is 9.80. The van der Waals surface area contributed by atoms with Crippen LogP contribution in [0.15, 0.2) is 16.8 Å². The minimum absolute atomic E-state index is 0.267. The van der Waals surface area contributed by atoms with E-state index in [0.717, 1.165) is 25.9 Å². The number of hydrogen-bond acceptors (Lipinski definition) is 3. The van der Waals surface area contributed by atoms with Gasteiger partial charge in [0.05, 0.1) is 0 Å². The van der Waals surface area contributed by atoms with Crippen molar-refractivity contribution < 1.29 is 9.90 Å². The minimum Gasteiger partial charge on any atom is -0.481 e. The number of carboxylic acids is 1. The van der Waals surface area contributed by atoms with E-state index >= 15 is 0 Å². The molecule has 0 bridgehead atoms. The van der Waals surface area contributed by atoms with Crippen molar-refractivity contribution >= 4 is 17.3 Å². The fourth-order valence-electron chi connectivity index (χ4n) is 1.37. The zero-order valence-electron chi connectivity index (χ0n) is 8.98. The summed E-state index contributed by atoms with van der Waals surface area (Å²) in [6.45, 7) is 1.85. The first-order valence-electron chi connectivity index (χ1n) is 5.10. The molecule has 0 radical (unpaired) electrons. The number of carboxylic acid groups (broad SMARTS) is 1. The van der Waals surface area contributed by atoms with E-state index in [1.54, 1.807) is 11.3 Å². The number of carbonyl (C=O) groups is 1. The summed E-state index contributed by atoms with van der Waals surface area (Å²) in [6, 6.07) is 2.13. The number of nitrogens with zero attached hydrogens (tertiary/aromatic N) is 1. The van der Waals surface area contributed by atoms with Gasteiger partial charge in [0.25, 0.3) is 0 Å². The fourth-order valence-corrected chi connectivity index (χ4v) is 2.07. The highest BCUT2D eigenvalue weighted by Crippen LogP contribution is 2.07. The molecule has 0 saturated heterocycles. The van der Waals surface area contributed by atoms with Crippen molar-refractivity contribution in [3.05, 3.63) is 22.4 Å². The van der Waals surface area contributed by atoms with E-state index in [2.05, 4.69) is 21.7 Å². The molecule has 84 valence electrons. The molecule has 1 rings (SSSR count). The van der Waals surface area contributed by atoms with Gasteiger partial charge in [-0.3, -0.25) is 4.79 Å². The standard InChI is InChI=1S/C11H17NO2S/c1-12(6-2-3-11(13)14)7-4-10-5-8-15-9-10/h5,8-9H,2-4,6-7H2,1H3,(H,13,14). The van der Waals surface area contributed by atoms with E-state index in [1.165, 1.54) is 5.56 Å². The second-order valence-electron chi connectivity index (χ2n) is 3.68. The van der Waals surface area contributed by atoms with Crippen molar-refractivity contribution in [2.45, 2.75) is 19.3 Å². The molecule has 3 nitrogen and oxygen atoms in total. The average Bonchev–Trinajstić information content (AvgIpc) is 2.66. The third kappa shape index (κ3) is 5.54. The Morgan fingerprint density at radius 1 is 1.53 bits per heavy atom. The molecule has 0 saturated carbocycles. The van der Waals surface area contributed by atoms with Crippen molar-refractivity contribution in [3.8, 4) is 0 Å². The van der Waals surface area contributed by atoms with Crippen LogP contribution in [-0.2, 0) is 11.2 Å². The van der Waals surface area contributed by atoms with Gasteiger partial charge < -0.3 is 10.0 Å². The van der Waals surface area contributed by atoms with Crippen molar-refractivity contribution in [1.82, 2.24) is 4.90 Å². The molecule has 1 aromatic rings. The first kappa shape index (κ1) is 12.2. The number of thiophene rings is 1. The SMILES string of the molecule is CN(CCCC(=O)O)CCc1ccsc1. The molecule has 1 heterocycles. The van der Waals surface area contributed by atoms with Crippen LogP contribution in [0.3, 0.4) is 0 Å². The lowest BCUT2D eigenvalue weighted by Gasteiger charge is -2.15. The van der Waals surface area contributed by atoms with Crippen molar-refractivity contribution in [2.75, 3.05) is 20.1 Å². The average molecular weight is 227 g/mol. The summed E-state index contributed by atoms with van der Waals surface area (Å²) in [5, 5.41) is 12.7. The number of likely N-dealkylation sites (N-methyl/N-ethyl adjacent to an activating group) is 1. The lowest BCUT2D eigenvalue weighted by molar-refractivity contribution is -0.137. The molecule has 1 N–H and O–H groups in total. The molecule has 0 aliphatic heterocycles. The van der Waals surface area contributed by atoms with E-state index < -0.39 is 5.97 Å². The highest BCUT2D eigenvalue weighted by atomic mass is 32.1. The van der Waals surface area contributed by atoms with Crippen molar-refractivity contribution in [2.24, 2.45) is 0 Å². The Morgan fingerprint density at radius 3 is 2.93 bits per heavy atom. The Kier molecular flexibility index (Phi) is 5.36. The van der Waals surface area contributed by atoms with Crippen LogP contribution < -0.4 is 0 Å². The van der Waals surface area contributed by atoms with Gasteiger partial charge in [-0.15, -0.1) is 0 Å². The predicted molar refractivity (Wildman–Crippen MR) is 62.4 cm³/mol. The number of aliphatic carboxylic acids is 1. The summed E-state index contributed by atoms with van der Waals surface area (Å²) < 4.78 is 0. The van der Waals surface area contributed by atoms with Gasteiger partial charge in [-0.2, -0.15) is 11.3 Å². The van der Waals surface area contributed by atoms with Gasteiger partial charge in [-0.05, 0) is 48.8 Å². The molecule has 15 heavy (non-hydrogen) atoms. The van der Waals surface area contributed by atoms with Gasteiger partial charge >= 0.3 is 5.97 Å². The Morgan fingerprint density at radius 2 is 2.33 bits per heavy atom. The summed E-state index contributed by atoms with van der Waals surface area (Å²) in [4.78, 5) is 12.5. The molecule has 4 heteroatoms. The summed E-state index contributed by atoms with van der Waals surface area (Å²) in [5.41, 5.74) is 1.37. The predicted octanol–water partition coefficient (Wildman–Crippen LogP) is 2.09. The van der Waals surface area contributed by atoms with E-state index in [4.69, 9.17) is 5.11 Å². The highest BCUT2D eigenvalue weighted by Gasteiger charge is 2.01. The number of hydrogen-bond donors (Lipinski definition) is 1. The summed E-state index contributed by atoms with van der Waals surface area (Å²) >= 11 is 1.72. The first-order valence-corrected chi connectivity index (χ1v) is 6.04. The van der Waals surface area contributed by atoms with Crippen LogP contribution in [0.1, 0.15) is 18.4 Å². The third-order valence-corrected chi connectivity index (χ3v) is 3.02. The highest BCUT2D eigenvalue weighted by molar-refractivity contribution is 7.07.